The summed E-state index contributed by atoms with van der Waals surface area (Å²) in [6, 6.07) is 14.4. The summed E-state index contributed by atoms with van der Waals surface area (Å²) in [4.78, 5) is 10.2. The molecule has 0 radical (unpaired) electrons. The third kappa shape index (κ3) is 3.45. The molecule has 6 nitrogen and oxygen atoms in total. The van der Waals surface area contributed by atoms with Crippen LogP contribution in [0.25, 0.3) is 23.0 Å². The zero-order valence-electron chi connectivity index (χ0n) is 15.6. The fraction of sp³-hybridized carbons (Fsp3) is 0.190. The first kappa shape index (κ1) is 18.1. The molecular weight excluding hydrogens is 391 g/mol. The Kier molecular flexibility index (Phi) is 4.65. The predicted molar refractivity (Wildman–Crippen MR) is 107 cm³/mol. The quantitative estimate of drug-likeness (QED) is 0.455. The summed E-state index contributed by atoms with van der Waals surface area (Å²) < 4.78 is 26.6. The molecule has 2 aromatic heterocycles. The number of halogens is 1. The molecule has 0 bridgehead atoms. The van der Waals surface area contributed by atoms with Crippen molar-refractivity contribution in [3.8, 4) is 23.0 Å². The van der Waals surface area contributed by atoms with Gasteiger partial charge in [-0.05, 0) is 48.2 Å². The molecule has 0 N–H and O–H groups in total. The van der Waals surface area contributed by atoms with Crippen molar-refractivity contribution in [2.24, 2.45) is 0 Å². The minimum atomic E-state index is -0.259. The van der Waals surface area contributed by atoms with Gasteiger partial charge in [-0.2, -0.15) is 4.98 Å². The van der Waals surface area contributed by atoms with Gasteiger partial charge in [0.15, 0.2) is 5.69 Å². The third-order valence-electron chi connectivity index (χ3n) is 4.95. The van der Waals surface area contributed by atoms with Gasteiger partial charge in [0.25, 0.3) is 5.89 Å². The summed E-state index contributed by atoms with van der Waals surface area (Å²) in [6.45, 7) is 0.947. The van der Waals surface area contributed by atoms with Crippen molar-refractivity contribution < 1.29 is 13.7 Å². The Hall–Kier alpha value is -2.97. The highest BCUT2D eigenvalue weighted by Gasteiger charge is 2.26. The topological polar surface area (TPSA) is 66.0 Å². The molecule has 0 saturated heterocycles. The summed E-state index contributed by atoms with van der Waals surface area (Å²) in [6.07, 6.45) is 3.63. The molecule has 2 aromatic carbocycles. The maximum absolute atomic E-state index is 13.2. The number of aromatic nitrogens is 4. The van der Waals surface area contributed by atoms with E-state index in [1.807, 2.05) is 35.1 Å². The van der Waals surface area contributed by atoms with Crippen LogP contribution in [0.4, 0.5) is 4.39 Å². The van der Waals surface area contributed by atoms with Gasteiger partial charge in [-0.25, -0.2) is 9.37 Å². The van der Waals surface area contributed by atoms with E-state index >= 15 is 0 Å². The van der Waals surface area contributed by atoms with Crippen molar-refractivity contribution >= 4 is 11.8 Å². The number of hydrogen-bond donors (Lipinski definition) is 0. The molecule has 29 heavy (non-hydrogen) atoms. The Balaban J connectivity index is 1.39. The monoisotopic (exact) mass is 408 g/mol. The smallest absolute Gasteiger partial charge is 0.278 e. The molecule has 4 aromatic rings. The van der Waals surface area contributed by atoms with Crippen LogP contribution >= 0.6 is 11.8 Å². The van der Waals surface area contributed by atoms with E-state index in [9.17, 15) is 4.39 Å². The molecule has 1 atom stereocenters. The number of rotatable bonds is 4. The molecule has 0 spiro atoms. The number of benzene rings is 2. The normalized spacial score (nSPS) is 16.0. The molecule has 1 aliphatic heterocycles. The maximum atomic E-state index is 13.2. The summed E-state index contributed by atoms with van der Waals surface area (Å²) in [5, 5.41) is 4.10. The Morgan fingerprint density at radius 3 is 2.66 bits per heavy atom. The highest BCUT2D eigenvalue weighted by molar-refractivity contribution is 7.98. The molecule has 0 amide bonds. The van der Waals surface area contributed by atoms with Gasteiger partial charge < -0.3 is 13.8 Å². The van der Waals surface area contributed by atoms with Crippen LogP contribution < -0.4 is 0 Å². The summed E-state index contributed by atoms with van der Waals surface area (Å²) in [5.41, 5.74) is 3.33. The minimum absolute atomic E-state index is 0.154. The van der Waals surface area contributed by atoms with Gasteiger partial charge in [0.2, 0.25) is 5.82 Å². The Bertz CT molecular complexity index is 1140. The van der Waals surface area contributed by atoms with Gasteiger partial charge in [0, 0.05) is 10.5 Å². The zero-order chi connectivity index (χ0) is 19.8. The van der Waals surface area contributed by atoms with E-state index in [1.54, 1.807) is 30.2 Å². The molecule has 1 unspecified atom stereocenters. The Morgan fingerprint density at radius 1 is 1.10 bits per heavy atom. The van der Waals surface area contributed by atoms with Crippen LogP contribution in [-0.4, -0.2) is 25.9 Å². The van der Waals surface area contributed by atoms with Gasteiger partial charge in [0.05, 0.1) is 25.2 Å². The largest absolute Gasteiger partial charge is 0.365 e. The van der Waals surface area contributed by atoms with Gasteiger partial charge in [-0.15, -0.1) is 11.8 Å². The number of imidazole rings is 1. The van der Waals surface area contributed by atoms with E-state index in [0.29, 0.717) is 30.6 Å². The van der Waals surface area contributed by atoms with Crippen molar-refractivity contribution in [3.63, 3.8) is 0 Å². The lowest BCUT2D eigenvalue weighted by atomic mass is 10.1. The number of thioether (sulfide) groups is 1. The molecule has 1 aliphatic rings. The van der Waals surface area contributed by atoms with Crippen molar-refractivity contribution in [3.05, 3.63) is 71.9 Å². The lowest BCUT2D eigenvalue weighted by molar-refractivity contribution is 0.00326. The standard InChI is InChI=1S/C21H17FN4O2S/c1-29-16-8-4-14(5-9-16)20-24-21(28-25-20)19-17-11-27-18(10-26(17)12-23-19)13-2-6-15(22)7-3-13/h2-9,12,18H,10-11H2,1H3. The van der Waals surface area contributed by atoms with Crippen LogP contribution in [0.15, 0.2) is 64.3 Å². The fourth-order valence-electron chi connectivity index (χ4n) is 3.36. The number of ether oxygens (including phenoxy) is 1. The number of nitrogens with zero attached hydrogens (tertiary/aromatic N) is 4. The zero-order valence-corrected chi connectivity index (χ0v) is 16.4. The first-order chi connectivity index (χ1) is 14.2. The summed E-state index contributed by atoms with van der Waals surface area (Å²) in [7, 11) is 0. The van der Waals surface area contributed by atoms with Crippen LogP contribution in [0.5, 0.6) is 0 Å². The van der Waals surface area contributed by atoms with Crippen LogP contribution in [0, 0.1) is 5.82 Å². The van der Waals surface area contributed by atoms with Crippen LogP contribution in [0.3, 0.4) is 0 Å². The summed E-state index contributed by atoms with van der Waals surface area (Å²) >= 11 is 1.68. The average molecular weight is 408 g/mol. The molecule has 5 rings (SSSR count). The maximum Gasteiger partial charge on any atom is 0.278 e. The van der Waals surface area contributed by atoms with E-state index in [1.165, 1.54) is 17.0 Å². The fourth-order valence-corrected chi connectivity index (χ4v) is 3.77. The second-order valence-corrected chi connectivity index (χ2v) is 7.57. The summed E-state index contributed by atoms with van der Waals surface area (Å²) in [5.74, 6) is 0.632. The predicted octanol–water partition coefficient (Wildman–Crippen LogP) is 4.73. The SMILES string of the molecule is CSc1ccc(-c2noc(-c3ncn4c3COC(c3ccc(F)cc3)C4)n2)cc1. The van der Waals surface area contributed by atoms with Crippen molar-refractivity contribution in [2.75, 3.05) is 6.26 Å². The van der Waals surface area contributed by atoms with E-state index in [-0.39, 0.29) is 11.9 Å². The van der Waals surface area contributed by atoms with E-state index < -0.39 is 0 Å². The Labute approximate surface area is 170 Å². The second-order valence-electron chi connectivity index (χ2n) is 6.70. The molecule has 146 valence electrons. The second kappa shape index (κ2) is 7.46. The number of hydrogen-bond acceptors (Lipinski definition) is 6. The highest BCUT2D eigenvalue weighted by Crippen LogP contribution is 2.32. The van der Waals surface area contributed by atoms with Crippen molar-refractivity contribution in [1.82, 2.24) is 19.7 Å². The van der Waals surface area contributed by atoms with Crippen molar-refractivity contribution in [1.29, 1.82) is 0 Å². The minimum Gasteiger partial charge on any atom is -0.365 e. The first-order valence-electron chi connectivity index (χ1n) is 9.11. The molecule has 0 aliphatic carbocycles. The van der Waals surface area contributed by atoms with E-state index in [2.05, 4.69) is 15.1 Å². The molecular formula is C21H17FN4O2S. The lowest BCUT2D eigenvalue weighted by Gasteiger charge is -2.25. The van der Waals surface area contributed by atoms with Crippen molar-refractivity contribution in [2.45, 2.75) is 24.2 Å². The van der Waals surface area contributed by atoms with Gasteiger partial charge in [-0.1, -0.05) is 17.3 Å². The van der Waals surface area contributed by atoms with Gasteiger partial charge in [-0.3, -0.25) is 0 Å². The Morgan fingerprint density at radius 2 is 1.90 bits per heavy atom. The molecule has 3 heterocycles. The molecule has 8 heteroatoms. The van der Waals surface area contributed by atoms with Crippen LogP contribution in [0.1, 0.15) is 17.4 Å². The van der Waals surface area contributed by atoms with Crippen LogP contribution in [-0.2, 0) is 17.9 Å². The molecule has 0 saturated carbocycles. The number of fused-ring (bicyclic) bond motifs is 1. The highest BCUT2D eigenvalue weighted by atomic mass is 32.2. The van der Waals surface area contributed by atoms with Gasteiger partial charge >= 0.3 is 0 Å². The molecule has 0 fully saturated rings. The first-order valence-corrected chi connectivity index (χ1v) is 10.3. The average Bonchev–Trinajstić information content (AvgIpc) is 3.41. The van der Waals surface area contributed by atoms with E-state index in [0.717, 1.165) is 16.8 Å². The van der Waals surface area contributed by atoms with Crippen LogP contribution in [0.2, 0.25) is 0 Å². The van der Waals surface area contributed by atoms with Gasteiger partial charge in [0.1, 0.15) is 11.9 Å². The third-order valence-corrected chi connectivity index (χ3v) is 5.69. The van der Waals surface area contributed by atoms with E-state index in [4.69, 9.17) is 9.26 Å². The lowest BCUT2D eigenvalue weighted by Crippen LogP contribution is -2.20.